The predicted molar refractivity (Wildman–Crippen MR) is 118 cm³/mol. The number of rotatable bonds is 7. The van der Waals surface area contributed by atoms with Gasteiger partial charge in [0.15, 0.2) is 0 Å². The number of anilines is 1. The summed E-state index contributed by atoms with van der Waals surface area (Å²) in [5.41, 5.74) is 0.326. The molecule has 2 aromatic carbocycles. The van der Waals surface area contributed by atoms with Gasteiger partial charge in [-0.05, 0) is 50.6 Å². The third-order valence-corrected chi connectivity index (χ3v) is 5.51. The molecule has 0 aliphatic heterocycles. The number of esters is 2. The molecule has 6 nitrogen and oxygen atoms in total. The zero-order valence-corrected chi connectivity index (χ0v) is 18.4. The van der Waals surface area contributed by atoms with Gasteiger partial charge < -0.3 is 19.9 Å². The molecule has 7 heteroatoms. The topological polar surface area (TPSA) is 84.9 Å². The fourth-order valence-electron chi connectivity index (χ4n) is 4.19. The summed E-state index contributed by atoms with van der Waals surface area (Å²) < 4.78 is 24.3. The lowest BCUT2D eigenvalue weighted by molar-refractivity contribution is -0.159. The molecule has 32 heavy (non-hydrogen) atoms. The number of hydrogen-bond acceptors (Lipinski definition) is 6. The minimum Gasteiger partial charge on any atom is -0.466 e. The Labute approximate surface area is 187 Å². The van der Waals surface area contributed by atoms with Crippen molar-refractivity contribution in [3.8, 4) is 0 Å². The van der Waals surface area contributed by atoms with Crippen molar-refractivity contribution in [3.63, 3.8) is 0 Å². The highest BCUT2D eigenvalue weighted by Crippen LogP contribution is 2.48. The number of halogens is 1. The Morgan fingerprint density at radius 3 is 2.28 bits per heavy atom. The molecule has 0 radical (unpaired) electrons. The number of benzene rings is 2. The lowest BCUT2D eigenvalue weighted by atomic mass is 9.66. The molecule has 3 atom stereocenters. The molecular formula is C25H28FNO5. The SMILES string of the molecule is CCOC(=O)C1=C(Nc2ccccc2)C[C@@](C)(O)[C@@H](C(=O)OCC)[C@@H]1c1ccc(F)cc1. The van der Waals surface area contributed by atoms with E-state index < -0.39 is 35.2 Å². The normalized spacial score (nSPS) is 22.9. The van der Waals surface area contributed by atoms with Gasteiger partial charge in [-0.25, -0.2) is 9.18 Å². The van der Waals surface area contributed by atoms with E-state index in [1.807, 2.05) is 30.3 Å². The first-order valence-electron chi connectivity index (χ1n) is 10.6. The third-order valence-electron chi connectivity index (χ3n) is 5.51. The van der Waals surface area contributed by atoms with Gasteiger partial charge in [-0.15, -0.1) is 0 Å². The number of hydrogen-bond donors (Lipinski definition) is 2. The second kappa shape index (κ2) is 9.96. The van der Waals surface area contributed by atoms with E-state index in [9.17, 15) is 19.1 Å². The molecule has 0 amide bonds. The maximum Gasteiger partial charge on any atom is 0.336 e. The van der Waals surface area contributed by atoms with Gasteiger partial charge in [0, 0.05) is 23.7 Å². The van der Waals surface area contributed by atoms with Crippen molar-refractivity contribution in [1.82, 2.24) is 0 Å². The molecule has 0 saturated heterocycles. The van der Waals surface area contributed by atoms with Crippen LogP contribution in [0.15, 0.2) is 65.9 Å². The van der Waals surface area contributed by atoms with E-state index >= 15 is 0 Å². The van der Waals surface area contributed by atoms with Crippen LogP contribution in [-0.4, -0.2) is 35.9 Å². The van der Waals surface area contributed by atoms with Crippen molar-refractivity contribution in [3.05, 3.63) is 77.2 Å². The first kappa shape index (κ1) is 23.5. The van der Waals surface area contributed by atoms with Gasteiger partial charge >= 0.3 is 11.9 Å². The molecule has 2 aromatic rings. The van der Waals surface area contributed by atoms with Crippen LogP contribution >= 0.6 is 0 Å². The lowest BCUT2D eigenvalue weighted by Crippen LogP contribution is -2.49. The summed E-state index contributed by atoms with van der Waals surface area (Å²) in [6, 6.07) is 14.7. The molecule has 0 unspecified atom stereocenters. The van der Waals surface area contributed by atoms with Crippen molar-refractivity contribution >= 4 is 17.6 Å². The zero-order valence-electron chi connectivity index (χ0n) is 18.4. The van der Waals surface area contributed by atoms with Crippen LogP contribution in [0.4, 0.5) is 10.1 Å². The first-order valence-corrected chi connectivity index (χ1v) is 10.6. The van der Waals surface area contributed by atoms with Gasteiger partial charge in [-0.3, -0.25) is 4.79 Å². The summed E-state index contributed by atoms with van der Waals surface area (Å²) in [6.45, 7) is 5.16. The Balaban J connectivity index is 2.23. The Bertz CT molecular complexity index is 985. The highest BCUT2D eigenvalue weighted by Gasteiger charge is 2.52. The molecule has 2 N–H and O–H groups in total. The van der Waals surface area contributed by atoms with Gasteiger partial charge in [-0.1, -0.05) is 30.3 Å². The van der Waals surface area contributed by atoms with Crippen LogP contribution in [0.25, 0.3) is 0 Å². The van der Waals surface area contributed by atoms with E-state index in [-0.39, 0.29) is 25.2 Å². The predicted octanol–water partition coefficient (Wildman–Crippen LogP) is 4.17. The van der Waals surface area contributed by atoms with Crippen LogP contribution in [-0.2, 0) is 19.1 Å². The van der Waals surface area contributed by atoms with Crippen LogP contribution in [0.3, 0.4) is 0 Å². The van der Waals surface area contributed by atoms with Gasteiger partial charge in [0.1, 0.15) is 5.82 Å². The smallest absolute Gasteiger partial charge is 0.336 e. The molecule has 0 aromatic heterocycles. The van der Waals surface area contributed by atoms with E-state index in [4.69, 9.17) is 9.47 Å². The van der Waals surface area contributed by atoms with E-state index in [1.165, 1.54) is 24.3 Å². The summed E-state index contributed by atoms with van der Waals surface area (Å²) in [6.07, 6.45) is -0.00276. The van der Waals surface area contributed by atoms with E-state index in [0.29, 0.717) is 16.9 Å². The average Bonchev–Trinajstić information content (AvgIpc) is 2.74. The molecule has 0 saturated carbocycles. The number of ether oxygens (including phenoxy) is 2. The molecule has 1 aliphatic rings. The Hall–Kier alpha value is -3.19. The third kappa shape index (κ3) is 4.99. The first-order chi connectivity index (χ1) is 15.3. The van der Waals surface area contributed by atoms with E-state index in [1.54, 1.807) is 20.8 Å². The van der Waals surface area contributed by atoms with Gasteiger partial charge in [0.05, 0.1) is 30.3 Å². The molecule has 0 fully saturated rings. The van der Waals surface area contributed by atoms with Crippen molar-refractivity contribution in [2.75, 3.05) is 18.5 Å². The molecule has 0 heterocycles. The van der Waals surface area contributed by atoms with Crippen molar-refractivity contribution in [2.45, 2.75) is 38.7 Å². The molecule has 1 aliphatic carbocycles. The second-order valence-electron chi connectivity index (χ2n) is 7.90. The molecule has 0 spiro atoms. The second-order valence-corrected chi connectivity index (χ2v) is 7.90. The van der Waals surface area contributed by atoms with Crippen LogP contribution in [0.2, 0.25) is 0 Å². The lowest BCUT2D eigenvalue weighted by Gasteiger charge is -2.43. The van der Waals surface area contributed by atoms with Crippen LogP contribution in [0.1, 0.15) is 38.7 Å². The summed E-state index contributed by atoms with van der Waals surface area (Å²) in [7, 11) is 0. The standard InChI is InChI=1S/C25H28FNO5/c1-4-31-23(28)21-19(27-18-9-7-6-8-10-18)15-25(3,30)22(24(29)32-5-2)20(21)16-11-13-17(26)14-12-16/h6-14,20,22,27,30H,4-5,15H2,1-3H3/t20-,22-,25-/m1/s1. The summed E-state index contributed by atoms with van der Waals surface area (Å²) in [4.78, 5) is 26.2. The minimum atomic E-state index is -1.54. The number of para-hydroxylation sites is 1. The molecule has 0 bridgehead atoms. The minimum absolute atomic E-state index is 0.00276. The number of carbonyl (C=O) groups is 2. The summed E-state index contributed by atoms with van der Waals surface area (Å²) >= 11 is 0. The maximum absolute atomic E-state index is 13.7. The Morgan fingerprint density at radius 2 is 1.69 bits per heavy atom. The number of nitrogens with one attached hydrogen (secondary N) is 1. The Morgan fingerprint density at radius 1 is 1.06 bits per heavy atom. The molecule has 170 valence electrons. The summed E-state index contributed by atoms with van der Waals surface area (Å²) in [5.74, 6) is -3.68. The highest BCUT2D eigenvalue weighted by molar-refractivity contribution is 5.94. The fourth-order valence-corrected chi connectivity index (χ4v) is 4.19. The van der Waals surface area contributed by atoms with Crippen LogP contribution in [0, 0.1) is 11.7 Å². The molecule has 3 rings (SSSR count). The fraction of sp³-hybridized carbons (Fsp3) is 0.360. The van der Waals surface area contributed by atoms with E-state index in [2.05, 4.69) is 5.32 Å². The van der Waals surface area contributed by atoms with Crippen molar-refractivity contribution in [2.24, 2.45) is 5.92 Å². The van der Waals surface area contributed by atoms with Crippen molar-refractivity contribution in [1.29, 1.82) is 0 Å². The quantitative estimate of drug-likeness (QED) is 0.628. The number of carbonyl (C=O) groups excluding carboxylic acids is 2. The largest absolute Gasteiger partial charge is 0.466 e. The monoisotopic (exact) mass is 441 g/mol. The van der Waals surface area contributed by atoms with Gasteiger partial charge in [-0.2, -0.15) is 0 Å². The van der Waals surface area contributed by atoms with Crippen LogP contribution in [0.5, 0.6) is 0 Å². The van der Waals surface area contributed by atoms with Crippen LogP contribution < -0.4 is 5.32 Å². The van der Waals surface area contributed by atoms with E-state index in [0.717, 1.165) is 0 Å². The summed E-state index contributed by atoms with van der Waals surface area (Å²) in [5, 5.41) is 14.6. The zero-order chi connectivity index (χ0) is 23.3. The maximum atomic E-state index is 13.7. The highest BCUT2D eigenvalue weighted by atomic mass is 19.1. The molecular weight excluding hydrogens is 413 g/mol. The Kier molecular flexibility index (Phi) is 7.30. The van der Waals surface area contributed by atoms with Gasteiger partial charge in [0.25, 0.3) is 0 Å². The average molecular weight is 441 g/mol. The van der Waals surface area contributed by atoms with Gasteiger partial charge in [0.2, 0.25) is 0 Å². The van der Waals surface area contributed by atoms with Crippen molar-refractivity contribution < 1.29 is 28.6 Å². The number of aliphatic hydroxyl groups is 1.